The topological polar surface area (TPSA) is 28.2 Å². The van der Waals surface area contributed by atoms with Crippen LogP contribution in [0.25, 0.3) is 0 Å². The summed E-state index contributed by atoms with van der Waals surface area (Å²) >= 11 is 0. The fourth-order valence-electron chi connectivity index (χ4n) is 2.31. The van der Waals surface area contributed by atoms with Gasteiger partial charge in [0.25, 0.3) is 0 Å². The van der Waals surface area contributed by atoms with Crippen molar-refractivity contribution < 1.29 is 0 Å². The molecule has 1 rings (SSSR count). The Labute approximate surface area is 118 Å². The summed E-state index contributed by atoms with van der Waals surface area (Å²) in [5.41, 5.74) is 1.15. The zero-order valence-corrected chi connectivity index (χ0v) is 12.9. The van der Waals surface area contributed by atoms with Gasteiger partial charge in [0.1, 0.15) is 0 Å². The van der Waals surface area contributed by atoms with Crippen LogP contribution in [0.3, 0.4) is 0 Å². The van der Waals surface area contributed by atoms with Crippen LogP contribution in [0.15, 0.2) is 24.4 Å². The number of hydrogen-bond donors (Lipinski definition) is 1. The summed E-state index contributed by atoms with van der Waals surface area (Å²) in [7, 11) is 0. The van der Waals surface area contributed by atoms with E-state index in [4.69, 9.17) is 0 Å². The van der Waals surface area contributed by atoms with Gasteiger partial charge in [-0.15, -0.1) is 0 Å². The lowest BCUT2D eigenvalue weighted by atomic mass is 10.2. The molecule has 1 aromatic heterocycles. The maximum absolute atomic E-state index is 4.41. The lowest BCUT2D eigenvalue weighted by molar-refractivity contribution is 0.199. The summed E-state index contributed by atoms with van der Waals surface area (Å²) in [5.74, 6) is 0. The molecule has 1 heterocycles. The Morgan fingerprint density at radius 1 is 1.26 bits per heavy atom. The van der Waals surface area contributed by atoms with Gasteiger partial charge in [-0.3, -0.25) is 9.88 Å². The van der Waals surface area contributed by atoms with E-state index in [0.717, 1.165) is 25.3 Å². The molecule has 0 aliphatic rings. The summed E-state index contributed by atoms with van der Waals surface area (Å²) < 4.78 is 0. The summed E-state index contributed by atoms with van der Waals surface area (Å²) in [4.78, 5) is 6.88. The molecular formula is C16H29N3. The van der Waals surface area contributed by atoms with Gasteiger partial charge >= 0.3 is 0 Å². The Kier molecular flexibility index (Phi) is 7.68. The minimum atomic E-state index is 0.534. The van der Waals surface area contributed by atoms with Crippen LogP contribution in [0.4, 0.5) is 0 Å². The summed E-state index contributed by atoms with van der Waals surface area (Å²) in [6, 6.07) is 7.27. The second-order valence-electron chi connectivity index (χ2n) is 5.33. The third-order valence-corrected chi connectivity index (χ3v) is 3.60. The van der Waals surface area contributed by atoms with E-state index >= 15 is 0 Å². The maximum Gasteiger partial charge on any atom is 0.0544 e. The monoisotopic (exact) mass is 263 g/mol. The second kappa shape index (κ2) is 9.05. The molecule has 0 spiro atoms. The quantitative estimate of drug-likeness (QED) is 0.742. The molecule has 0 aliphatic carbocycles. The molecule has 19 heavy (non-hydrogen) atoms. The van der Waals surface area contributed by atoms with Crippen LogP contribution in [0.1, 0.15) is 46.2 Å². The lowest BCUT2D eigenvalue weighted by Gasteiger charge is -2.29. The summed E-state index contributed by atoms with van der Waals surface area (Å²) in [6.07, 6.45) is 4.36. The maximum atomic E-state index is 4.41. The highest BCUT2D eigenvalue weighted by Crippen LogP contribution is 2.06. The Bertz CT molecular complexity index is 326. The van der Waals surface area contributed by atoms with E-state index in [1.807, 2.05) is 12.3 Å². The molecule has 0 aromatic carbocycles. The largest absolute Gasteiger partial charge is 0.313 e. The average molecular weight is 263 g/mol. The Morgan fingerprint density at radius 3 is 2.63 bits per heavy atom. The van der Waals surface area contributed by atoms with E-state index in [2.05, 4.69) is 55.0 Å². The number of pyridine rings is 1. The summed E-state index contributed by atoms with van der Waals surface area (Å²) in [6.45, 7) is 12.0. The number of nitrogens with zero attached hydrogens (tertiary/aromatic N) is 2. The molecule has 0 saturated heterocycles. The third kappa shape index (κ3) is 6.17. The molecular weight excluding hydrogens is 234 g/mol. The molecule has 3 nitrogen and oxygen atoms in total. The third-order valence-electron chi connectivity index (χ3n) is 3.60. The first-order valence-electron chi connectivity index (χ1n) is 7.54. The fraction of sp³-hybridized carbons (Fsp3) is 0.688. The van der Waals surface area contributed by atoms with E-state index in [1.165, 1.54) is 12.8 Å². The van der Waals surface area contributed by atoms with Gasteiger partial charge in [-0.25, -0.2) is 0 Å². The van der Waals surface area contributed by atoms with E-state index in [0.29, 0.717) is 12.1 Å². The number of rotatable bonds is 9. The zero-order valence-electron chi connectivity index (χ0n) is 12.9. The van der Waals surface area contributed by atoms with Gasteiger partial charge in [0, 0.05) is 31.4 Å². The van der Waals surface area contributed by atoms with Crippen molar-refractivity contribution in [2.45, 2.75) is 59.2 Å². The van der Waals surface area contributed by atoms with Gasteiger partial charge in [-0.05, 0) is 38.9 Å². The molecule has 0 bridgehead atoms. The predicted octanol–water partition coefficient (Wildman–Crippen LogP) is 3.07. The van der Waals surface area contributed by atoms with Gasteiger partial charge < -0.3 is 5.32 Å². The molecule has 1 aromatic rings. The molecule has 1 N–H and O–H groups in total. The van der Waals surface area contributed by atoms with Crippen molar-refractivity contribution in [3.8, 4) is 0 Å². The van der Waals surface area contributed by atoms with Crippen LogP contribution >= 0.6 is 0 Å². The number of aromatic nitrogens is 1. The molecule has 2 unspecified atom stereocenters. The minimum Gasteiger partial charge on any atom is -0.313 e. The van der Waals surface area contributed by atoms with Crippen LogP contribution in [-0.2, 0) is 6.54 Å². The molecule has 2 atom stereocenters. The number of hydrogen-bond acceptors (Lipinski definition) is 3. The van der Waals surface area contributed by atoms with Crippen molar-refractivity contribution in [3.63, 3.8) is 0 Å². The molecule has 0 saturated carbocycles. The molecule has 0 fully saturated rings. The molecule has 0 amide bonds. The standard InChI is InChI=1S/C16H29N3/c1-5-9-14(3)18-12-15(4)19(6-2)13-16-10-7-8-11-17-16/h7-8,10-11,14-15,18H,5-6,9,12-13H2,1-4H3. The Morgan fingerprint density at radius 2 is 2.05 bits per heavy atom. The average Bonchev–Trinajstić information content (AvgIpc) is 2.43. The molecule has 0 radical (unpaired) electrons. The van der Waals surface area contributed by atoms with E-state index < -0.39 is 0 Å². The number of nitrogens with one attached hydrogen (secondary N) is 1. The van der Waals surface area contributed by atoms with Gasteiger partial charge in [-0.2, -0.15) is 0 Å². The van der Waals surface area contributed by atoms with E-state index in [1.54, 1.807) is 0 Å². The SMILES string of the molecule is CCCC(C)NCC(C)N(CC)Cc1ccccn1. The van der Waals surface area contributed by atoms with Gasteiger partial charge in [-0.1, -0.05) is 26.3 Å². The van der Waals surface area contributed by atoms with Crippen molar-refractivity contribution in [3.05, 3.63) is 30.1 Å². The van der Waals surface area contributed by atoms with Crippen molar-refractivity contribution in [1.29, 1.82) is 0 Å². The smallest absolute Gasteiger partial charge is 0.0544 e. The normalized spacial score (nSPS) is 14.6. The van der Waals surface area contributed by atoms with Crippen LogP contribution in [0, 0.1) is 0 Å². The number of likely N-dealkylation sites (N-methyl/N-ethyl adjacent to an activating group) is 1. The Hall–Kier alpha value is -0.930. The summed E-state index contributed by atoms with van der Waals surface area (Å²) in [5, 5.41) is 3.62. The van der Waals surface area contributed by atoms with Crippen molar-refractivity contribution in [2.24, 2.45) is 0 Å². The fourth-order valence-corrected chi connectivity index (χ4v) is 2.31. The molecule has 108 valence electrons. The highest BCUT2D eigenvalue weighted by molar-refractivity contribution is 5.03. The zero-order chi connectivity index (χ0) is 14.1. The molecule has 0 aliphatic heterocycles. The molecule has 3 heteroatoms. The minimum absolute atomic E-state index is 0.534. The highest BCUT2D eigenvalue weighted by Gasteiger charge is 2.13. The van der Waals surface area contributed by atoms with E-state index in [9.17, 15) is 0 Å². The highest BCUT2D eigenvalue weighted by atomic mass is 15.2. The van der Waals surface area contributed by atoms with Crippen molar-refractivity contribution >= 4 is 0 Å². The second-order valence-corrected chi connectivity index (χ2v) is 5.33. The van der Waals surface area contributed by atoms with Crippen LogP contribution in [0.2, 0.25) is 0 Å². The Balaban J connectivity index is 2.41. The van der Waals surface area contributed by atoms with Gasteiger partial charge in [0.15, 0.2) is 0 Å². The van der Waals surface area contributed by atoms with Crippen LogP contribution in [0.5, 0.6) is 0 Å². The lowest BCUT2D eigenvalue weighted by Crippen LogP contribution is -2.42. The van der Waals surface area contributed by atoms with Gasteiger partial charge in [0.05, 0.1) is 5.69 Å². The van der Waals surface area contributed by atoms with Crippen molar-refractivity contribution in [2.75, 3.05) is 13.1 Å². The first kappa shape index (κ1) is 16.1. The van der Waals surface area contributed by atoms with Gasteiger partial charge in [0.2, 0.25) is 0 Å². The van der Waals surface area contributed by atoms with Crippen molar-refractivity contribution in [1.82, 2.24) is 15.2 Å². The van der Waals surface area contributed by atoms with Crippen LogP contribution in [-0.4, -0.2) is 35.1 Å². The van der Waals surface area contributed by atoms with E-state index in [-0.39, 0.29) is 0 Å². The first-order valence-corrected chi connectivity index (χ1v) is 7.54. The predicted molar refractivity (Wildman–Crippen MR) is 82.2 cm³/mol. The first-order chi connectivity index (χ1) is 9.17. The van der Waals surface area contributed by atoms with Crippen LogP contribution < -0.4 is 5.32 Å².